The Hall–Kier alpha value is -2.89. The first kappa shape index (κ1) is 20.8. The maximum atomic E-state index is 12.7. The minimum Gasteiger partial charge on any atom is -0.462 e. The zero-order valence-electron chi connectivity index (χ0n) is 17.2. The van der Waals surface area contributed by atoms with E-state index >= 15 is 0 Å². The summed E-state index contributed by atoms with van der Waals surface area (Å²) < 4.78 is 10.3. The van der Waals surface area contributed by atoms with E-state index in [-0.39, 0.29) is 24.2 Å². The molecule has 2 aromatic rings. The molecule has 1 heterocycles. The first-order valence-corrected chi connectivity index (χ1v) is 10.1. The molecule has 1 aromatic carbocycles. The molecule has 0 amide bonds. The monoisotopic (exact) mass is 397 g/mol. The van der Waals surface area contributed by atoms with Crippen LogP contribution in [-0.2, 0) is 33.5 Å². The predicted molar refractivity (Wildman–Crippen MR) is 108 cm³/mol. The van der Waals surface area contributed by atoms with Crippen molar-refractivity contribution < 1.29 is 23.9 Å². The molecule has 0 aliphatic heterocycles. The number of carbonyl (C=O) groups is 3. The Labute approximate surface area is 170 Å². The zero-order valence-corrected chi connectivity index (χ0v) is 17.2. The number of ketones is 1. The molecule has 0 fully saturated rings. The van der Waals surface area contributed by atoms with Crippen LogP contribution in [0.15, 0.2) is 18.2 Å². The van der Waals surface area contributed by atoms with Crippen molar-refractivity contribution in [2.75, 3.05) is 13.2 Å². The number of aryl methyl sites for hydroxylation is 4. The molecule has 3 rings (SSSR count). The molecular formula is C23H27NO5. The summed E-state index contributed by atoms with van der Waals surface area (Å²) in [4.78, 5) is 40.1. The summed E-state index contributed by atoms with van der Waals surface area (Å²) in [6.07, 6.45) is 4.64. The van der Waals surface area contributed by atoms with E-state index in [0.717, 1.165) is 18.4 Å². The molecule has 0 radical (unpaired) electrons. The van der Waals surface area contributed by atoms with Crippen molar-refractivity contribution in [2.24, 2.45) is 0 Å². The quantitative estimate of drug-likeness (QED) is 0.569. The van der Waals surface area contributed by atoms with Gasteiger partial charge in [-0.3, -0.25) is 9.59 Å². The van der Waals surface area contributed by atoms with Crippen LogP contribution in [0.3, 0.4) is 0 Å². The summed E-state index contributed by atoms with van der Waals surface area (Å²) in [5.74, 6) is -1.44. The smallest absolute Gasteiger partial charge is 0.340 e. The second-order valence-electron chi connectivity index (χ2n) is 7.42. The lowest BCUT2D eigenvalue weighted by atomic mass is 9.90. The minimum atomic E-state index is -0.557. The summed E-state index contributed by atoms with van der Waals surface area (Å²) in [6, 6.07) is 6.10. The van der Waals surface area contributed by atoms with Gasteiger partial charge in [0.25, 0.3) is 0 Å². The minimum absolute atomic E-state index is 0.121. The molecule has 0 atom stereocenters. The SMILES string of the molecule is CCOC(=O)c1c(C)[nH]c(C)c1C(=O)COC(=O)Cc1ccc2c(c1)CCCC2. The van der Waals surface area contributed by atoms with Crippen molar-refractivity contribution >= 4 is 17.7 Å². The number of hydrogen-bond acceptors (Lipinski definition) is 5. The first-order valence-electron chi connectivity index (χ1n) is 10.1. The van der Waals surface area contributed by atoms with Crippen LogP contribution < -0.4 is 0 Å². The molecule has 6 heteroatoms. The van der Waals surface area contributed by atoms with E-state index in [1.165, 1.54) is 24.0 Å². The maximum absolute atomic E-state index is 12.7. The normalized spacial score (nSPS) is 12.9. The highest BCUT2D eigenvalue weighted by molar-refractivity contribution is 6.09. The number of nitrogens with one attached hydrogen (secondary N) is 1. The van der Waals surface area contributed by atoms with Gasteiger partial charge in [0.1, 0.15) is 0 Å². The Morgan fingerprint density at radius 3 is 2.38 bits per heavy atom. The fourth-order valence-electron chi connectivity index (χ4n) is 3.92. The Bertz CT molecular complexity index is 941. The van der Waals surface area contributed by atoms with Crippen molar-refractivity contribution in [2.45, 2.75) is 52.9 Å². The third-order valence-corrected chi connectivity index (χ3v) is 5.26. The number of aromatic nitrogens is 1. The number of aromatic amines is 1. The Kier molecular flexibility index (Phi) is 6.52. The average molecular weight is 397 g/mol. The van der Waals surface area contributed by atoms with Gasteiger partial charge < -0.3 is 14.5 Å². The lowest BCUT2D eigenvalue weighted by Gasteiger charge is -2.16. The largest absolute Gasteiger partial charge is 0.462 e. The van der Waals surface area contributed by atoms with Gasteiger partial charge in [-0.05, 0) is 63.1 Å². The molecule has 29 heavy (non-hydrogen) atoms. The molecule has 154 valence electrons. The van der Waals surface area contributed by atoms with Crippen LogP contribution in [0, 0.1) is 13.8 Å². The van der Waals surface area contributed by atoms with Gasteiger partial charge in [0.05, 0.1) is 24.2 Å². The van der Waals surface area contributed by atoms with Crippen LogP contribution in [0.5, 0.6) is 0 Å². The van der Waals surface area contributed by atoms with Gasteiger partial charge in [0.2, 0.25) is 5.78 Å². The summed E-state index contributed by atoms with van der Waals surface area (Å²) in [5.41, 5.74) is 5.10. The van der Waals surface area contributed by atoms with Gasteiger partial charge >= 0.3 is 11.9 Å². The number of fused-ring (bicyclic) bond motifs is 1. The number of Topliss-reactive ketones (excluding diaryl/α,β-unsaturated/α-hetero) is 1. The number of esters is 2. The van der Waals surface area contributed by atoms with E-state index < -0.39 is 24.3 Å². The Morgan fingerprint density at radius 1 is 0.966 bits per heavy atom. The highest BCUT2D eigenvalue weighted by atomic mass is 16.5. The van der Waals surface area contributed by atoms with Crippen molar-refractivity contribution in [1.29, 1.82) is 0 Å². The van der Waals surface area contributed by atoms with Crippen LogP contribution in [-0.4, -0.2) is 35.9 Å². The zero-order chi connectivity index (χ0) is 21.0. The maximum Gasteiger partial charge on any atom is 0.340 e. The van der Waals surface area contributed by atoms with Gasteiger partial charge in [-0.1, -0.05) is 18.2 Å². The summed E-state index contributed by atoms with van der Waals surface area (Å²) in [5, 5.41) is 0. The average Bonchev–Trinajstić information content (AvgIpc) is 3.00. The van der Waals surface area contributed by atoms with E-state index in [1.807, 2.05) is 6.07 Å². The number of ether oxygens (including phenoxy) is 2. The standard InChI is InChI=1S/C23H27NO5/c1-4-28-23(27)22-15(3)24-14(2)21(22)19(25)13-29-20(26)12-16-9-10-17-7-5-6-8-18(17)11-16/h9-11,24H,4-8,12-13H2,1-3H3. The molecule has 0 bridgehead atoms. The van der Waals surface area contributed by atoms with Gasteiger partial charge in [-0.2, -0.15) is 0 Å². The molecule has 0 unspecified atom stereocenters. The van der Waals surface area contributed by atoms with Crippen LogP contribution in [0.1, 0.15) is 68.6 Å². The second-order valence-corrected chi connectivity index (χ2v) is 7.42. The fraction of sp³-hybridized carbons (Fsp3) is 0.435. The number of hydrogen-bond donors (Lipinski definition) is 1. The van der Waals surface area contributed by atoms with Gasteiger partial charge in [-0.15, -0.1) is 0 Å². The molecule has 1 aromatic heterocycles. The molecular weight excluding hydrogens is 370 g/mol. The Morgan fingerprint density at radius 2 is 1.66 bits per heavy atom. The van der Waals surface area contributed by atoms with Crippen molar-refractivity contribution in [1.82, 2.24) is 4.98 Å². The molecule has 6 nitrogen and oxygen atoms in total. The lowest BCUT2D eigenvalue weighted by Crippen LogP contribution is -2.19. The van der Waals surface area contributed by atoms with Crippen molar-refractivity contribution in [3.05, 3.63) is 57.4 Å². The molecule has 1 aliphatic rings. The number of carbonyl (C=O) groups excluding carboxylic acids is 3. The van der Waals surface area contributed by atoms with Crippen LogP contribution >= 0.6 is 0 Å². The van der Waals surface area contributed by atoms with Gasteiger partial charge in [0, 0.05) is 11.4 Å². The van der Waals surface area contributed by atoms with Gasteiger partial charge in [0.15, 0.2) is 6.61 Å². The second kappa shape index (κ2) is 9.07. The predicted octanol–water partition coefficient (Wildman–Crippen LogP) is 3.66. The van der Waals surface area contributed by atoms with E-state index in [2.05, 4.69) is 17.1 Å². The molecule has 0 saturated heterocycles. The third kappa shape index (κ3) is 4.75. The summed E-state index contributed by atoms with van der Waals surface area (Å²) >= 11 is 0. The fourth-order valence-corrected chi connectivity index (χ4v) is 3.92. The van der Waals surface area contributed by atoms with Crippen molar-refractivity contribution in [3.8, 4) is 0 Å². The lowest BCUT2D eigenvalue weighted by molar-refractivity contribution is -0.141. The molecule has 0 spiro atoms. The first-order chi connectivity index (χ1) is 13.9. The van der Waals surface area contributed by atoms with Crippen molar-refractivity contribution in [3.63, 3.8) is 0 Å². The van der Waals surface area contributed by atoms with E-state index in [1.54, 1.807) is 20.8 Å². The van der Waals surface area contributed by atoms with Gasteiger partial charge in [-0.25, -0.2) is 4.79 Å². The molecule has 0 saturated carbocycles. The molecule has 1 N–H and O–H groups in total. The summed E-state index contributed by atoms with van der Waals surface area (Å²) in [6.45, 7) is 4.92. The molecule has 1 aliphatic carbocycles. The van der Waals surface area contributed by atoms with E-state index in [4.69, 9.17) is 9.47 Å². The van der Waals surface area contributed by atoms with Crippen LogP contribution in [0.2, 0.25) is 0 Å². The number of H-pyrrole nitrogens is 1. The van der Waals surface area contributed by atoms with E-state index in [0.29, 0.717) is 11.4 Å². The highest BCUT2D eigenvalue weighted by Crippen LogP contribution is 2.23. The third-order valence-electron chi connectivity index (χ3n) is 5.26. The number of benzene rings is 1. The van der Waals surface area contributed by atoms with E-state index in [9.17, 15) is 14.4 Å². The highest BCUT2D eigenvalue weighted by Gasteiger charge is 2.26. The number of rotatable bonds is 7. The Balaban J connectivity index is 1.64. The topological polar surface area (TPSA) is 85.5 Å². The summed E-state index contributed by atoms with van der Waals surface area (Å²) in [7, 11) is 0. The van der Waals surface area contributed by atoms with Crippen LogP contribution in [0.25, 0.3) is 0 Å². The van der Waals surface area contributed by atoms with Crippen LogP contribution in [0.4, 0.5) is 0 Å².